The van der Waals surface area contributed by atoms with Crippen molar-refractivity contribution in [3.63, 3.8) is 0 Å². The minimum Gasteiger partial charge on any atom is -0.350 e. The molecule has 3 amide bonds. The van der Waals surface area contributed by atoms with E-state index in [1.165, 1.54) is 35.1 Å². The number of carbonyl (C=O) groups is 4. The number of rotatable bonds is 15. The number of carbonyl (C=O) groups excluding carboxylic acids is 4. The van der Waals surface area contributed by atoms with Crippen molar-refractivity contribution in [2.75, 3.05) is 12.3 Å². The molecular weight excluding hydrogens is 517 g/mol. The second-order valence-electron chi connectivity index (χ2n) is 9.60. The summed E-state index contributed by atoms with van der Waals surface area (Å²) in [7, 11) is 0.643. The van der Waals surface area contributed by atoms with E-state index >= 15 is 0 Å². The zero-order chi connectivity index (χ0) is 27.4. The SMILES string of the molecule is CCNC(=O)C(=O)[C@H](Cc1ccc(F)cc1)NC(=O)[C@H](CC(C)C)NC(=O)CCCCC1CCSS1=O. The lowest BCUT2D eigenvalue weighted by Gasteiger charge is -2.24. The van der Waals surface area contributed by atoms with E-state index in [0.717, 1.165) is 25.0 Å². The number of hydrogen-bond donors (Lipinski definition) is 3. The Morgan fingerprint density at radius 2 is 1.78 bits per heavy atom. The van der Waals surface area contributed by atoms with Crippen molar-refractivity contribution in [3.8, 4) is 0 Å². The topological polar surface area (TPSA) is 121 Å². The highest BCUT2D eigenvalue weighted by Gasteiger charge is 2.30. The molecule has 1 saturated heterocycles. The van der Waals surface area contributed by atoms with Gasteiger partial charge in [-0.15, -0.1) is 0 Å². The molecule has 4 atom stereocenters. The molecular formula is C26H38FN3O5S2. The lowest BCUT2D eigenvalue weighted by molar-refractivity contribution is -0.140. The number of likely N-dealkylation sites (N-methyl/N-ethyl adjacent to an activating group) is 1. The molecule has 0 bridgehead atoms. The third kappa shape index (κ3) is 10.9. The Morgan fingerprint density at radius 3 is 2.38 bits per heavy atom. The van der Waals surface area contributed by atoms with Gasteiger partial charge in [-0.25, -0.2) is 8.60 Å². The molecule has 1 aromatic rings. The van der Waals surface area contributed by atoms with Crippen LogP contribution in [0.3, 0.4) is 0 Å². The number of amides is 3. The molecule has 37 heavy (non-hydrogen) atoms. The summed E-state index contributed by atoms with van der Waals surface area (Å²) >= 11 is 0. The number of hydrogen-bond acceptors (Lipinski definition) is 6. The van der Waals surface area contributed by atoms with E-state index in [0.29, 0.717) is 18.4 Å². The van der Waals surface area contributed by atoms with E-state index in [-0.39, 0.29) is 36.5 Å². The van der Waals surface area contributed by atoms with Crippen LogP contribution in [0, 0.1) is 11.7 Å². The van der Waals surface area contributed by atoms with Gasteiger partial charge in [0.1, 0.15) is 17.9 Å². The summed E-state index contributed by atoms with van der Waals surface area (Å²) in [6.07, 6.45) is 3.77. The van der Waals surface area contributed by atoms with E-state index in [4.69, 9.17) is 0 Å². The van der Waals surface area contributed by atoms with Gasteiger partial charge in [0.25, 0.3) is 5.91 Å². The van der Waals surface area contributed by atoms with Gasteiger partial charge in [-0.3, -0.25) is 19.2 Å². The van der Waals surface area contributed by atoms with Crippen LogP contribution >= 0.6 is 10.8 Å². The normalized spacial score (nSPS) is 18.7. The molecule has 1 aromatic carbocycles. The third-order valence-electron chi connectivity index (χ3n) is 6.00. The number of Topliss-reactive ketones (excluding diaryl/α,β-unsaturated/α-hetero) is 1. The number of nitrogens with one attached hydrogen (secondary N) is 3. The highest BCUT2D eigenvalue weighted by Crippen LogP contribution is 2.29. The minimum atomic E-state index is -1.17. The van der Waals surface area contributed by atoms with E-state index in [1.807, 2.05) is 13.8 Å². The van der Waals surface area contributed by atoms with Crippen LogP contribution in [0.4, 0.5) is 4.39 Å². The Labute approximate surface area is 224 Å². The lowest BCUT2D eigenvalue weighted by atomic mass is 9.99. The van der Waals surface area contributed by atoms with Crippen molar-refractivity contribution in [2.24, 2.45) is 5.92 Å². The van der Waals surface area contributed by atoms with Crippen LogP contribution in [0.1, 0.15) is 64.9 Å². The maximum atomic E-state index is 13.3. The third-order valence-corrected chi connectivity index (χ3v) is 9.66. The maximum absolute atomic E-state index is 13.3. The number of benzene rings is 1. The number of unbranched alkanes of at least 4 members (excludes halogenated alkanes) is 1. The minimum absolute atomic E-state index is 0.00512. The molecule has 0 aromatic heterocycles. The molecule has 0 aliphatic carbocycles. The smallest absolute Gasteiger partial charge is 0.289 e. The van der Waals surface area contributed by atoms with Crippen LogP contribution in [0.25, 0.3) is 0 Å². The molecule has 206 valence electrons. The van der Waals surface area contributed by atoms with E-state index in [9.17, 15) is 27.8 Å². The Morgan fingerprint density at radius 1 is 1.08 bits per heavy atom. The molecule has 2 rings (SSSR count). The van der Waals surface area contributed by atoms with Gasteiger partial charge in [0, 0.05) is 30.4 Å². The molecule has 1 fully saturated rings. The van der Waals surface area contributed by atoms with Gasteiger partial charge in [-0.1, -0.05) is 43.2 Å². The van der Waals surface area contributed by atoms with Crippen LogP contribution in [-0.2, 0) is 35.4 Å². The van der Waals surface area contributed by atoms with Gasteiger partial charge >= 0.3 is 0 Å². The predicted octanol–water partition coefficient (Wildman–Crippen LogP) is 2.82. The fraction of sp³-hybridized carbons (Fsp3) is 0.615. The second kappa shape index (κ2) is 15.9. The molecule has 8 nitrogen and oxygen atoms in total. The molecule has 0 radical (unpaired) electrons. The molecule has 1 aliphatic rings. The summed E-state index contributed by atoms with van der Waals surface area (Å²) in [4.78, 5) is 50.8. The Hall–Kier alpha value is -2.27. The van der Waals surface area contributed by atoms with Crippen molar-refractivity contribution in [2.45, 2.75) is 83.1 Å². The van der Waals surface area contributed by atoms with Gasteiger partial charge < -0.3 is 16.0 Å². The first-order valence-electron chi connectivity index (χ1n) is 12.8. The molecule has 2 unspecified atom stereocenters. The largest absolute Gasteiger partial charge is 0.350 e. The maximum Gasteiger partial charge on any atom is 0.289 e. The zero-order valence-corrected chi connectivity index (χ0v) is 23.4. The first kappa shape index (κ1) is 31.0. The average Bonchev–Trinajstić information content (AvgIpc) is 3.26. The monoisotopic (exact) mass is 555 g/mol. The fourth-order valence-electron chi connectivity index (χ4n) is 4.07. The molecule has 1 aliphatic heterocycles. The summed E-state index contributed by atoms with van der Waals surface area (Å²) in [6.45, 7) is 5.77. The van der Waals surface area contributed by atoms with Crippen LogP contribution in [0.5, 0.6) is 0 Å². The fourth-order valence-corrected chi connectivity index (χ4v) is 7.56. The predicted molar refractivity (Wildman–Crippen MR) is 145 cm³/mol. The van der Waals surface area contributed by atoms with Crippen LogP contribution < -0.4 is 16.0 Å². The van der Waals surface area contributed by atoms with Crippen molar-refractivity contribution >= 4 is 44.1 Å². The second-order valence-corrected chi connectivity index (χ2v) is 13.1. The lowest BCUT2D eigenvalue weighted by Crippen LogP contribution is -2.54. The summed E-state index contributed by atoms with van der Waals surface area (Å²) in [5.41, 5.74) is 0.579. The van der Waals surface area contributed by atoms with Gasteiger partial charge in [-0.05, 0) is 56.2 Å². The van der Waals surface area contributed by atoms with Gasteiger partial charge in [0.15, 0.2) is 0 Å². The van der Waals surface area contributed by atoms with Crippen LogP contribution in [-0.4, -0.2) is 57.3 Å². The summed E-state index contributed by atoms with van der Waals surface area (Å²) in [5.74, 6) is -1.89. The van der Waals surface area contributed by atoms with Crippen molar-refractivity contribution < 1.29 is 27.8 Å². The van der Waals surface area contributed by atoms with Crippen LogP contribution in [0.15, 0.2) is 24.3 Å². The molecule has 3 N–H and O–H groups in total. The Bertz CT molecular complexity index is 958. The van der Waals surface area contributed by atoms with Gasteiger partial charge in [0.05, 0.1) is 9.83 Å². The highest BCUT2D eigenvalue weighted by atomic mass is 33.1. The quantitative estimate of drug-likeness (QED) is 0.174. The Kier molecular flexibility index (Phi) is 13.3. The van der Waals surface area contributed by atoms with Crippen molar-refractivity contribution in [1.82, 2.24) is 16.0 Å². The summed E-state index contributed by atoms with van der Waals surface area (Å²) < 4.78 is 25.2. The molecule has 0 saturated carbocycles. The van der Waals surface area contributed by atoms with Crippen LogP contribution in [0.2, 0.25) is 0 Å². The van der Waals surface area contributed by atoms with E-state index < -0.39 is 45.3 Å². The summed E-state index contributed by atoms with van der Waals surface area (Å²) in [5, 5.41) is 8.06. The standard InChI is InChI=1S/C26H38FN3O5S2/c1-4-28-26(34)24(32)21(16-18-9-11-19(27)12-10-18)30-25(33)22(15-17(2)3)29-23(31)8-6-5-7-20-13-14-36-37(20)35/h9-12,17,20-22H,4-8,13-16H2,1-3H3,(H,28,34)(H,29,31)(H,30,33)/t20?,21-,22-,37?/m0/s1. The van der Waals surface area contributed by atoms with Gasteiger partial charge in [0.2, 0.25) is 17.6 Å². The zero-order valence-electron chi connectivity index (χ0n) is 21.7. The Balaban J connectivity index is 2.01. The van der Waals surface area contributed by atoms with Gasteiger partial charge in [-0.2, -0.15) is 0 Å². The first-order chi connectivity index (χ1) is 17.6. The average molecular weight is 556 g/mol. The van der Waals surface area contributed by atoms with Crippen molar-refractivity contribution in [3.05, 3.63) is 35.6 Å². The number of halogens is 1. The first-order valence-corrected chi connectivity index (χ1v) is 15.5. The number of ketones is 1. The molecule has 0 spiro atoms. The molecule has 11 heteroatoms. The highest BCUT2D eigenvalue weighted by molar-refractivity contribution is 8.69. The van der Waals surface area contributed by atoms with E-state index in [2.05, 4.69) is 16.0 Å². The van der Waals surface area contributed by atoms with Crippen molar-refractivity contribution in [1.29, 1.82) is 0 Å². The summed E-state index contributed by atoms with van der Waals surface area (Å²) in [6, 6.07) is 3.44. The molecule has 1 heterocycles. The van der Waals surface area contributed by atoms with E-state index in [1.54, 1.807) is 6.92 Å².